The number of nitrogens with one attached hydrogen (secondary N) is 1. The van der Waals surface area contributed by atoms with Crippen LogP contribution in [0.4, 0.5) is 0 Å². The largest absolute Gasteiger partial charge is 0.497 e. The molecule has 0 aliphatic heterocycles. The SMILES string of the molecule is COc1cccc([C@@H](CC(=O)NCc2ccc(C)cc2)n2cccc2)c1. The second-order valence-electron chi connectivity index (χ2n) is 6.39. The third kappa shape index (κ3) is 4.54. The minimum Gasteiger partial charge on any atom is -0.497 e. The van der Waals surface area contributed by atoms with Crippen molar-refractivity contribution in [3.05, 3.63) is 89.7 Å². The summed E-state index contributed by atoms with van der Waals surface area (Å²) in [6.45, 7) is 2.59. The smallest absolute Gasteiger partial charge is 0.222 e. The van der Waals surface area contributed by atoms with Gasteiger partial charge in [0.25, 0.3) is 0 Å². The Hall–Kier alpha value is -3.01. The normalized spacial score (nSPS) is 11.8. The van der Waals surface area contributed by atoms with E-state index >= 15 is 0 Å². The number of rotatable bonds is 7. The van der Waals surface area contributed by atoms with Crippen molar-refractivity contribution in [3.8, 4) is 5.75 Å². The van der Waals surface area contributed by atoms with Gasteiger partial charge in [0, 0.05) is 18.9 Å². The van der Waals surface area contributed by atoms with E-state index in [1.807, 2.05) is 60.9 Å². The predicted molar refractivity (Wildman–Crippen MR) is 103 cm³/mol. The summed E-state index contributed by atoms with van der Waals surface area (Å²) >= 11 is 0. The third-order valence-corrected chi connectivity index (χ3v) is 4.45. The molecule has 0 bridgehead atoms. The molecule has 0 radical (unpaired) electrons. The number of aromatic nitrogens is 1. The molecule has 26 heavy (non-hydrogen) atoms. The first-order chi connectivity index (χ1) is 12.7. The molecule has 0 aliphatic rings. The van der Waals surface area contributed by atoms with Crippen LogP contribution in [-0.2, 0) is 11.3 Å². The van der Waals surface area contributed by atoms with Gasteiger partial charge in [-0.05, 0) is 42.3 Å². The van der Waals surface area contributed by atoms with E-state index in [-0.39, 0.29) is 11.9 Å². The van der Waals surface area contributed by atoms with E-state index < -0.39 is 0 Å². The zero-order valence-corrected chi connectivity index (χ0v) is 15.2. The zero-order valence-electron chi connectivity index (χ0n) is 15.2. The van der Waals surface area contributed by atoms with Crippen LogP contribution in [0.15, 0.2) is 73.1 Å². The summed E-state index contributed by atoms with van der Waals surface area (Å²) in [6, 6.07) is 19.9. The molecule has 4 nitrogen and oxygen atoms in total. The minimum atomic E-state index is -0.0712. The molecule has 1 N–H and O–H groups in total. The van der Waals surface area contributed by atoms with Crippen molar-refractivity contribution in [1.82, 2.24) is 9.88 Å². The summed E-state index contributed by atoms with van der Waals surface area (Å²) in [5.74, 6) is 0.812. The van der Waals surface area contributed by atoms with Gasteiger partial charge in [-0.2, -0.15) is 0 Å². The number of aryl methyl sites for hydroxylation is 1. The minimum absolute atomic E-state index is 0.0205. The van der Waals surface area contributed by atoms with Crippen molar-refractivity contribution in [2.24, 2.45) is 0 Å². The number of methoxy groups -OCH3 is 1. The van der Waals surface area contributed by atoms with Gasteiger partial charge in [-0.25, -0.2) is 0 Å². The molecular weight excluding hydrogens is 324 g/mol. The van der Waals surface area contributed by atoms with E-state index in [1.54, 1.807) is 7.11 Å². The third-order valence-electron chi connectivity index (χ3n) is 4.45. The quantitative estimate of drug-likeness (QED) is 0.698. The first-order valence-corrected chi connectivity index (χ1v) is 8.74. The van der Waals surface area contributed by atoms with E-state index in [0.717, 1.165) is 16.9 Å². The second kappa shape index (κ2) is 8.39. The summed E-state index contributed by atoms with van der Waals surface area (Å²) in [6.07, 6.45) is 4.34. The van der Waals surface area contributed by atoms with Crippen LogP contribution in [0.1, 0.15) is 29.2 Å². The molecule has 1 heterocycles. The molecular formula is C22H24N2O2. The van der Waals surface area contributed by atoms with Gasteiger partial charge >= 0.3 is 0 Å². The van der Waals surface area contributed by atoms with Gasteiger partial charge in [0.1, 0.15) is 5.75 Å². The molecule has 0 aliphatic carbocycles. The molecule has 1 amide bonds. The fraction of sp³-hybridized carbons (Fsp3) is 0.227. The van der Waals surface area contributed by atoms with Crippen LogP contribution in [0.2, 0.25) is 0 Å². The van der Waals surface area contributed by atoms with E-state index in [1.165, 1.54) is 5.56 Å². The van der Waals surface area contributed by atoms with E-state index in [9.17, 15) is 4.79 Å². The van der Waals surface area contributed by atoms with Crippen LogP contribution in [-0.4, -0.2) is 17.6 Å². The number of nitrogens with zero attached hydrogens (tertiary/aromatic N) is 1. The van der Waals surface area contributed by atoms with Crippen LogP contribution in [0.5, 0.6) is 5.75 Å². The Balaban J connectivity index is 1.71. The molecule has 2 aromatic carbocycles. The van der Waals surface area contributed by atoms with Crippen LogP contribution in [0, 0.1) is 6.92 Å². The Morgan fingerprint density at radius 1 is 1.08 bits per heavy atom. The van der Waals surface area contributed by atoms with Crippen molar-refractivity contribution in [3.63, 3.8) is 0 Å². The highest BCUT2D eigenvalue weighted by molar-refractivity contribution is 5.76. The molecule has 0 fully saturated rings. The van der Waals surface area contributed by atoms with Gasteiger partial charge in [-0.3, -0.25) is 4.79 Å². The van der Waals surface area contributed by atoms with E-state index in [0.29, 0.717) is 13.0 Å². The van der Waals surface area contributed by atoms with Gasteiger partial charge in [0.05, 0.1) is 19.6 Å². The van der Waals surface area contributed by atoms with Crippen LogP contribution in [0.25, 0.3) is 0 Å². The van der Waals surface area contributed by atoms with Crippen molar-refractivity contribution >= 4 is 5.91 Å². The lowest BCUT2D eigenvalue weighted by molar-refractivity contribution is -0.121. The maximum Gasteiger partial charge on any atom is 0.222 e. The Morgan fingerprint density at radius 2 is 1.81 bits per heavy atom. The lowest BCUT2D eigenvalue weighted by Gasteiger charge is -2.20. The summed E-state index contributed by atoms with van der Waals surface area (Å²) in [5, 5.41) is 3.03. The number of carbonyl (C=O) groups is 1. The fourth-order valence-electron chi connectivity index (χ4n) is 2.95. The fourth-order valence-corrected chi connectivity index (χ4v) is 2.95. The van der Waals surface area contributed by atoms with Crippen LogP contribution in [0.3, 0.4) is 0 Å². The molecule has 3 aromatic rings. The van der Waals surface area contributed by atoms with Gasteiger partial charge in [0.2, 0.25) is 5.91 Å². The highest BCUT2D eigenvalue weighted by Gasteiger charge is 2.18. The number of hydrogen-bond donors (Lipinski definition) is 1. The maximum atomic E-state index is 12.6. The highest BCUT2D eigenvalue weighted by Crippen LogP contribution is 2.25. The second-order valence-corrected chi connectivity index (χ2v) is 6.39. The van der Waals surface area contributed by atoms with Crippen LogP contribution >= 0.6 is 0 Å². The van der Waals surface area contributed by atoms with E-state index in [4.69, 9.17) is 4.74 Å². The monoisotopic (exact) mass is 348 g/mol. The summed E-state index contributed by atoms with van der Waals surface area (Å²) in [4.78, 5) is 12.6. The maximum absolute atomic E-state index is 12.6. The average molecular weight is 348 g/mol. The zero-order chi connectivity index (χ0) is 18.4. The summed E-state index contributed by atoms with van der Waals surface area (Å²) < 4.78 is 7.39. The molecule has 0 spiro atoms. The lowest BCUT2D eigenvalue weighted by Crippen LogP contribution is -2.26. The molecule has 3 rings (SSSR count). The van der Waals surface area contributed by atoms with Crippen molar-refractivity contribution in [2.45, 2.75) is 25.9 Å². The van der Waals surface area contributed by atoms with Gasteiger partial charge in [-0.15, -0.1) is 0 Å². The van der Waals surface area contributed by atoms with Crippen molar-refractivity contribution in [2.75, 3.05) is 7.11 Å². The predicted octanol–water partition coefficient (Wildman–Crippen LogP) is 4.10. The number of amides is 1. The Labute approximate surface area is 154 Å². The highest BCUT2D eigenvalue weighted by atomic mass is 16.5. The Kier molecular flexibility index (Phi) is 5.74. The molecule has 4 heteroatoms. The Morgan fingerprint density at radius 3 is 2.50 bits per heavy atom. The molecule has 1 aromatic heterocycles. The molecule has 0 saturated carbocycles. The number of benzene rings is 2. The molecule has 0 unspecified atom stereocenters. The number of carbonyl (C=O) groups excluding carboxylic acids is 1. The lowest BCUT2D eigenvalue weighted by atomic mass is 10.0. The first kappa shape index (κ1) is 17.8. The van der Waals surface area contributed by atoms with Gasteiger partial charge in [0.15, 0.2) is 0 Å². The number of hydrogen-bond acceptors (Lipinski definition) is 2. The van der Waals surface area contributed by atoms with E-state index in [2.05, 4.69) is 28.9 Å². The summed E-state index contributed by atoms with van der Waals surface area (Å²) in [7, 11) is 1.65. The number of ether oxygens (including phenoxy) is 1. The van der Waals surface area contributed by atoms with Gasteiger partial charge < -0.3 is 14.6 Å². The van der Waals surface area contributed by atoms with Crippen LogP contribution < -0.4 is 10.1 Å². The Bertz CT molecular complexity index is 839. The first-order valence-electron chi connectivity index (χ1n) is 8.74. The van der Waals surface area contributed by atoms with Gasteiger partial charge in [-0.1, -0.05) is 42.0 Å². The summed E-state index contributed by atoms with van der Waals surface area (Å²) in [5.41, 5.74) is 3.36. The average Bonchev–Trinajstić information content (AvgIpc) is 3.20. The standard InChI is InChI=1S/C22H24N2O2/c1-17-8-10-18(11-9-17)16-23-22(25)15-21(24-12-3-4-13-24)19-6-5-7-20(14-19)26-2/h3-14,21H,15-16H2,1-2H3,(H,23,25)/t21-/m1/s1. The molecule has 0 saturated heterocycles. The topological polar surface area (TPSA) is 43.3 Å². The van der Waals surface area contributed by atoms with Crippen molar-refractivity contribution < 1.29 is 9.53 Å². The van der Waals surface area contributed by atoms with Crippen molar-refractivity contribution in [1.29, 1.82) is 0 Å². The molecule has 134 valence electrons. The molecule has 1 atom stereocenters.